The van der Waals surface area contributed by atoms with E-state index < -0.39 is 0 Å². The molecule has 1 aliphatic rings. The van der Waals surface area contributed by atoms with Gasteiger partial charge in [0.15, 0.2) is 0 Å². The number of carbonyl (C=O) groups is 1. The molecule has 0 bridgehead atoms. The first-order chi connectivity index (χ1) is 12.7. The van der Waals surface area contributed by atoms with Gasteiger partial charge >= 0.3 is 0 Å². The zero-order valence-corrected chi connectivity index (χ0v) is 15.0. The fourth-order valence-corrected chi connectivity index (χ4v) is 3.28. The Morgan fingerprint density at radius 3 is 2.77 bits per heavy atom. The van der Waals surface area contributed by atoms with Crippen molar-refractivity contribution in [3.63, 3.8) is 0 Å². The van der Waals surface area contributed by atoms with Gasteiger partial charge in [-0.25, -0.2) is 0 Å². The Bertz CT molecular complexity index is 940. The Morgan fingerprint density at radius 1 is 1.19 bits per heavy atom. The molecule has 132 valence electrons. The van der Waals surface area contributed by atoms with E-state index >= 15 is 0 Å². The van der Waals surface area contributed by atoms with Crippen molar-refractivity contribution in [2.45, 2.75) is 19.5 Å². The minimum absolute atomic E-state index is 0.0310. The molecular weight excluding hydrogens is 350 g/mol. The Balaban J connectivity index is 1.72. The van der Waals surface area contributed by atoms with Gasteiger partial charge in [-0.05, 0) is 36.8 Å². The number of fused-ring (bicyclic) bond motifs is 1. The summed E-state index contributed by atoms with van der Waals surface area (Å²) in [5.74, 6) is -0.0310. The smallest absolute Gasteiger partial charge is 0.257 e. The lowest BCUT2D eigenvalue weighted by molar-refractivity contribution is 0.0679. The third-order valence-electron chi connectivity index (χ3n) is 4.32. The summed E-state index contributed by atoms with van der Waals surface area (Å²) in [5, 5.41) is 12.9. The molecule has 1 aromatic heterocycles. The summed E-state index contributed by atoms with van der Waals surface area (Å²) >= 11 is 6.10. The van der Waals surface area contributed by atoms with Gasteiger partial charge in [0.05, 0.1) is 23.1 Å². The molecule has 4 rings (SSSR count). The van der Waals surface area contributed by atoms with E-state index in [1.54, 1.807) is 34.1 Å². The highest BCUT2D eigenvalue weighted by atomic mass is 35.5. The average Bonchev–Trinajstić information content (AvgIpc) is 3.14. The number of hydrogen-bond donors (Lipinski definition) is 1. The molecular formula is C19H18ClN5O. The van der Waals surface area contributed by atoms with Crippen molar-refractivity contribution in [1.82, 2.24) is 19.9 Å². The van der Waals surface area contributed by atoms with Gasteiger partial charge in [-0.2, -0.15) is 9.90 Å². The summed E-state index contributed by atoms with van der Waals surface area (Å²) in [7, 11) is 0. The predicted molar refractivity (Wildman–Crippen MR) is 101 cm³/mol. The molecule has 1 N–H and O–H groups in total. The molecule has 1 atom stereocenters. The molecule has 26 heavy (non-hydrogen) atoms. The number of nitrogens with zero attached hydrogens (tertiary/aromatic N) is 4. The number of rotatable bonds is 4. The second-order valence-corrected chi connectivity index (χ2v) is 6.57. The van der Waals surface area contributed by atoms with Crippen LogP contribution in [0.5, 0.6) is 0 Å². The van der Waals surface area contributed by atoms with E-state index in [0.29, 0.717) is 28.5 Å². The van der Waals surface area contributed by atoms with Crippen molar-refractivity contribution in [1.29, 1.82) is 0 Å². The molecule has 2 heterocycles. The van der Waals surface area contributed by atoms with Crippen LogP contribution in [0.15, 0.2) is 54.7 Å². The minimum atomic E-state index is -0.383. The average molecular weight is 368 g/mol. The summed E-state index contributed by atoms with van der Waals surface area (Å²) in [6.07, 6.45) is 2.15. The molecule has 1 amide bonds. The van der Waals surface area contributed by atoms with E-state index in [-0.39, 0.29) is 12.1 Å². The van der Waals surface area contributed by atoms with Gasteiger partial charge in [0.25, 0.3) is 5.91 Å². The van der Waals surface area contributed by atoms with Gasteiger partial charge in [-0.1, -0.05) is 36.7 Å². The molecule has 0 radical (unpaired) electrons. The molecule has 2 aromatic carbocycles. The third kappa shape index (κ3) is 2.93. The van der Waals surface area contributed by atoms with E-state index in [2.05, 4.69) is 15.5 Å². The normalized spacial score (nSPS) is 16.3. The van der Waals surface area contributed by atoms with Gasteiger partial charge in [0, 0.05) is 11.6 Å². The molecule has 6 nitrogen and oxygen atoms in total. The van der Waals surface area contributed by atoms with Crippen LogP contribution in [-0.2, 0) is 0 Å². The van der Waals surface area contributed by atoms with Crippen LogP contribution in [0.25, 0.3) is 5.69 Å². The Kier molecular flexibility index (Phi) is 4.34. The highest BCUT2D eigenvalue weighted by Crippen LogP contribution is 2.34. The summed E-state index contributed by atoms with van der Waals surface area (Å²) in [4.78, 5) is 16.3. The molecule has 0 saturated heterocycles. The number of nitrogens with one attached hydrogen (secondary N) is 1. The molecule has 1 unspecified atom stereocenters. The van der Waals surface area contributed by atoms with Crippen LogP contribution in [0.3, 0.4) is 0 Å². The molecule has 0 saturated carbocycles. The van der Waals surface area contributed by atoms with Gasteiger partial charge in [0.1, 0.15) is 11.9 Å². The van der Waals surface area contributed by atoms with Gasteiger partial charge in [0.2, 0.25) is 0 Å². The zero-order valence-electron chi connectivity index (χ0n) is 14.3. The van der Waals surface area contributed by atoms with Gasteiger partial charge in [-0.15, -0.1) is 5.10 Å². The molecule has 0 fully saturated rings. The minimum Gasteiger partial charge on any atom is -0.359 e. The topological polar surface area (TPSA) is 63.1 Å². The standard InChI is InChI=1S/C19H18ClN5O/c1-2-10-24-18(22-16-11-13(20)8-9-15(16)19(24)26)17-12-21-25(23-17)14-6-4-3-5-7-14/h3-9,11-12,18,22H,2,10H2,1H3. The number of aromatic nitrogens is 3. The fourth-order valence-electron chi connectivity index (χ4n) is 3.11. The third-order valence-corrected chi connectivity index (χ3v) is 4.55. The van der Waals surface area contributed by atoms with Crippen LogP contribution >= 0.6 is 11.6 Å². The van der Waals surface area contributed by atoms with Gasteiger partial charge < -0.3 is 10.2 Å². The maximum Gasteiger partial charge on any atom is 0.257 e. The van der Waals surface area contributed by atoms with Crippen LogP contribution in [0.1, 0.15) is 35.6 Å². The van der Waals surface area contributed by atoms with Crippen molar-refractivity contribution >= 4 is 23.2 Å². The largest absolute Gasteiger partial charge is 0.359 e. The van der Waals surface area contributed by atoms with Crippen LogP contribution in [0.4, 0.5) is 5.69 Å². The fraction of sp³-hybridized carbons (Fsp3) is 0.211. The quantitative estimate of drug-likeness (QED) is 0.759. The predicted octanol–water partition coefficient (Wildman–Crippen LogP) is 3.90. The maximum atomic E-state index is 13.0. The van der Waals surface area contributed by atoms with E-state index in [4.69, 9.17) is 11.6 Å². The lowest BCUT2D eigenvalue weighted by Gasteiger charge is -2.36. The van der Waals surface area contributed by atoms with Gasteiger partial charge in [-0.3, -0.25) is 4.79 Å². The number of amides is 1. The van der Waals surface area contributed by atoms with E-state index in [1.165, 1.54) is 0 Å². The SMILES string of the molecule is CCCN1C(=O)c2ccc(Cl)cc2NC1c1cnn(-c2ccccc2)n1. The molecule has 0 aliphatic carbocycles. The number of benzene rings is 2. The van der Waals surface area contributed by atoms with Crippen LogP contribution < -0.4 is 5.32 Å². The number of carbonyl (C=O) groups excluding carboxylic acids is 1. The summed E-state index contributed by atoms with van der Waals surface area (Å²) in [5.41, 5.74) is 2.89. The zero-order chi connectivity index (χ0) is 18.1. The monoisotopic (exact) mass is 367 g/mol. The molecule has 3 aromatic rings. The molecule has 1 aliphatic heterocycles. The summed E-state index contributed by atoms with van der Waals surface area (Å²) in [6, 6.07) is 14.9. The van der Waals surface area contributed by atoms with E-state index in [1.807, 2.05) is 37.3 Å². The lowest BCUT2D eigenvalue weighted by atomic mass is 10.1. The number of halogens is 1. The Hall–Kier alpha value is -2.86. The van der Waals surface area contributed by atoms with Crippen molar-refractivity contribution in [2.24, 2.45) is 0 Å². The summed E-state index contributed by atoms with van der Waals surface area (Å²) < 4.78 is 0. The highest BCUT2D eigenvalue weighted by Gasteiger charge is 2.34. The first-order valence-corrected chi connectivity index (χ1v) is 8.90. The maximum absolute atomic E-state index is 13.0. The van der Waals surface area contributed by atoms with Crippen LogP contribution in [0.2, 0.25) is 5.02 Å². The highest BCUT2D eigenvalue weighted by molar-refractivity contribution is 6.31. The first-order valence-electron chi connectivity index (χ1n) is 8.52. The number of anilines is 1. The first kappa shape index (κ1) is 16.6. The Morgan fingerprint density at radius 2 is 2.00 bits per heavy atom. The number of para-hydroxylation sites is 1. The second-order valence-electron chi connectivity index (χ2n) is 6.13. The van der Waals surface area contributed by atoms with E-state index in [9.17, 15) is 4.79 Å². The van der Waals surface area contributed by atoms with Crippen molar-refractivity contribution in [3.05, 3.63) is 71.0 Å². The van der Waals surface area contributed by atoms with Crippen molar-refractivity contribution in [3.8, 4) is 5.69 Å². The number of hydrogen-bond acceptors (Lipinski definition) is 4. The van der Waals surface area contributed by atoms with Crippen molar-refractivity contribution in [2.75, 3.05) is 11.9 Å². The molecule has 7 heteroatoms. The second kappa shape index (κ2) is 6.80. The van der Waals surface area contributed by atoms with E-state index in [0.717, 1.165) is 12.1 Å². The van der Waals surface area contributed by atoms with Crippen LogP contribution in [-0.4, -0.2) is 32.3 Å². The summed E-state index contributed by atoms with van der Waals surface area (Å²) in [6.45, 7) is 2.67. The van der Waals surface area contributed by atoms with Crippen molar-refractivity contribution < 1.29 is 4.79 Å². The lowest BCUT2D eigenvalue weighted by Crippen LogP contribution is -2.43. The molecule has 0 spiro atoms. The Labute approximate surface area is 156 Å². The van der Waals surface area contributed by atoms with Crippen LogP contribution in [0, 0.1) is 0 Å².